The van der Waals surface area contributed by atoms with Gasteiger partial charge in [0.15, 0.2) is 0 Å². The highest BCUT2D eigenvalue weighted by atomic mass is 35.5. The Labute approximate surface area is 111 Å². The molecule has 1 unspecified atom stereocenters. The molecule has 1 aromatic carbocycles. The van der Waals surface area contributed by atoms with Gasteiger partial charge in [-0.15, -0.1) is 11.6 Å². The molecule has 0 aliphatic heterocycles. The maximum absolute atomic E-state index is 6.14. The van der Waals surface area contributed by atoms with Crippen molar-refractivity contribution in [2.24, 2.45) is 5.92 Å². The van der Waals surface area contributed by atoms with Gasteiger partial charge in [0.05, 0.1) is 0 Å². The van der Waals surface area contributed by atoms with E-state index in [-0.39, 0.29) is 10.8 Å². The molecule has 0 bridgehead atoms. The van der Waals surface area contributed by atoms with Crippen molar-refractivity contribution in [1.82, 2.24) is 0 Å². The van der Waals surface area contributed by atoms with Crippen molar-refractivity contribution in [2.75, 3.05) is 0 Å². The SMILES string of the molecule is CC(C)Cc1cccc(C(C)(C)CC(C)Cl)c1. The summed E-state index contributed by atoms with van der Waals surface area (Å²) >= 11 is 6.14. The Morgan fingerprint density at radius 3 is 2.35 bits per heavy atom. The van der Waals surface area contributed by atoms with Gasteiger partial charge >= 0.3 is 0 Å². The molecule has 0 fully saturated rings. The van der Waals surface area contributed by atoms with Gasteiger partial charge in [-0.3, -0.25) is 0 Å². The molecule has 1 atom stereocenters. The van der Waals surface area contributed by atoms with Crippen molar-refractivity contribution in [3.63, 3.8) is 0 Å². The summed E-state index contributed by atoms with van der Waals surface area (Å²) in [7, 11) is 0. The van der Waals surface area contributed by atoms with Crippen LogP contribution in [-0.2, 0) is 11.8 Å². The largest absolute Gasteiger partial charge is 0.123 e. The molecule has 0 radical (unpaired) electrons. The first-order valence-electron chi connectivity index (χ1n) is 6.55. The minimum atomic E-state index is 0.161. The van der Waals surface area contributed by atoms with E-state index in [2.05, 4.69) is 58.9 Å². The summed E-state index contributed by atoms with van der Waals surface area (Å²) in [5.74, 6) is 0.709. The molecule has 0 N–H and O–H groups in total. The first kappa shape index (κ1) is 14.6. The number of alkyl halides is 1. The molecular formula is C16H25Cl. The fraction of sp³-hybridized carbons (Fsp3) is 0.625. The Kier molecular flexibility index (Phi) is 5.06. The van der Waals surface area contributed by atoms with Crippen LogP contribution in [0.3, 0.4) is 0 Å². The second-order valence-electron chi connectivity index (χ2n) is 6.17. The van der Waals surface area contributed by atoms with Crippen LogP contribution in [0.15, 0.2) is 24.3 Å². The maximum Gasteiger partial charge on any atom is 0.0316 e. The molecule has 0 heterocycles. The van der Waals surface area contributed by atoms with Gasteiger partial charge < -0.3 is 0 Å². The number of halogens is 1. The molecule has 0 saturated heterocycles. The normalized spacial score (nSPS) is 14.1. The average molecular weight is 253 g/mol. The average Bonchev–Trinajstić information content (AvgIpc) is 2.15. The van der Waals surface area contributed by atoms with Crippen molar-refractivity contribution in [3.05, 3.63) is 35.4 Å². The van der Waals surface area contributed by atoms with E-state index in [9.17, 15) is 0 Å². The van der Waals surface area contributed by atoms with Crippen LogP contribution in [0.2, 0.25) is 0 Å². The van der Waals surface area contributed by atoms with Crippen molar-refractivity contribution in [2.45, 2.75) is 58.3 Å². The molecule has 0 amide bonds. The Morgan fingerprint density at radius 1 is 1.18 bits per heavy atom. The lowest BCUT2D eigenvalue weighted by Crippen LogP contribution is -2.21. The number of benzene rings is 1. The van der Waals surface area contributed by atoms with Crippen molar-refractivity contribution >= 4 is 11.6 Å². The zero-order valence-corrected chi connectivity index (χ0v) is 12.5. The van der Waals surface area contributed by atoms with Gasteiger partial charge in [-0.05, 0) is 42.2 Å². The van der Waals surface area contributed by atoms with Crippen LogP contribution in [0.25, 0.3) is 0 Å². The third-order valence-electron chi connectivity index (χ3n) is 3.14. The number of hydrogen-bond donors (Lipinski definition) is 0. The molecule has 17 heavy (non-hydrogen) atoms. The standard InChI is InChI=1S/C16H25Cl/c1-12(2)9-14-7-6-8-15(10-14)16(4,5)11-13(3)17/h6-8,10,12-13H,9,11H2,1-5H3. The Balaban J connectivity index is 2.90. The second kappa shape index (κ2) is 5.91. The summed E-state index contributed by atoms with van der Waals surface area (Å²) in [6, 6.07) is 8.97. The molecular weight excluding hydrogens is 228 g/mol. The van der Waals surface area contributed by atoms with Crippen molar-refractivity contribution in [1.29, 1.82) is 0 Å². The highest BCUT2D eigenvalue weighted by Gasteiger charge is 2.22. The molecule has 0 aliphatic carbocycles. The molecule has 1 heteroatoms. The van der Waals surface area contributed by atoms with E-state index in [4.69, 9.17) is 11.6 Å². The van der Waals surface area contributed by atoms with Crippen LogP contribution in [0.5, 0.6) is 0 Å². The highest BCUT2D eigenvalue weighted by molar-refractivity contribution is 6.20. The van der Waals surface area contributed by atoms with Crippen LogP contribution >= 0.6 is 11.6 Å². The van der Waals surface area contributed by atoms with E-state index in [0.717, 1.165) is 12.8 Å². The zero-order chi connectivity index (χ0) is 13.1. The predicted octanol–water partition coefficient (Wildman–Crippen LogP) is 5.18. The van der Waals surface area contributed by atoms with Gasteiger partial charge in [-0.25, -0.2) is 0 Å². The monoisotopic (exact) mass is 252 g/mol. The lowest BCUT2D eigenvalue weighted by molar-refractivity contribution is 0.476. The van der Waals surface area contributed by atoms with Crippen molar-refractivity contribution in [3.8, 4) is 0 Å². The van der Waals surface area contributed by atoms with Crippen LogP contribution in [0.4, 0.5) is 0 Å². The van der Waals surface area contributed by atoms with E-state index in [0.29, 0.717) is 5.92 Å². The fourth-order valence-corrected chi connectivity index (χ4v) is 2.80. The molecule has 0 aliphatic rings. The van der Waals surface area contributed by atoms with Crippen molar-refractivity contribution < 1.29 is 0 Å². The Bertz CT molecular complexity index is 350. The highest BCUT2D eigenvalue weighted by Crippen LogP contribution is 2.30. The molecule has 0 spiro atoms. The zero-order valence-electron chi connectivity index (χ0n) is 11.8. The number of rotatable bonds is 5. The van der Waals surface area contributed by atoms with Gasteiger partial charge in [0.1, 0.15) is 0 Å². The van der Waals surface area contributed by atoms with E-state index >= 15 is 0 Å². The fourth-order valence-electron chi connectivity index (χ4n) is 2.41. The van der Waals surface area contributed by atoms with E-state index < -0.39 is 0 Å². The summed E-state index contributed by atoms with van der Waals surface area (Å²) < 4.78 is 0. The summed E-state index contributed by atoms with van der Waals surface area (Å²) in [4.78, 5) is 0. The van der Waals surface area contributed by atoms with E-state index in [1.807, 2.05) is 0 Å². The summed E-state index contributed by atoms with van der Waals surface area (Å²) in [6.45, 7) is 11.2. The molecule has 0 nitrogen and oxygen atoms in total. The number of hydrogen-bond acceptors (Lipinski definition) is 0. The third kappa shape index (κ3) is 4.71. The predicted molar refractivity (Wildman–Crippen MR) is 77.9 cm³/mol. The Hall–Kier alpha value is -0.490. The molecule has 0 aromatic heterocycles. The van der Waals surface area contributed by atoms with E-state index in [1.165, 1.54) is 11.1 Å². The van der Waals surface area contributed by atoms with Gasteiger partial charge in [0.25, 0.3) is 0 Å². The molecule has 96 valence electrons. The smallest absolute Gasteiger partial charge is 0.0316 e. The minimum Gasteiger partial charge on any atom is -0.123 e. The Morgan fingerprint density at radius 2 is 1.82 bits per heavy atom. The first-order valence-corrected chi connectivity index (χ1v) is 6.98. The lowest BCUT2D eigenvalue weighted by atomic mass is 9.79. The van der Waals surface area contributed by atoms with Gasteiger partial charge in [-0.1, -0.05) is 52.0 Å². The van der Waals surface area contributed by atoms with Gasteiger partial charge in [-0.2, -0.15) is 0 Å². The quantitative estimate of drug-likeness (QED) is 0.634. The maximum atomic E-state index is 6.14. The van der Waals surface area contributed by atoms with Crippen LogP contribution < -0.4 is 0 Å². The molecule has 1 aromatic rings. The summed E-state index contributed by atoms with van der Waals surface area (Å²) in [6.07, 6.45) is 2.17. The molecule has 1 rings (SSSR count). The lowest BCUT2D eigenvalue weighted by Gasteiger charge is -2.27. The molecule has 0 saturated carbocycles. The second-order valence-corrected chi connectivity index (χ2v) is 6.91. The minimum absolute atomic E-state index is 0.161. The van der Waals surface area contributed by atoms with Crippen LogP contribution in [0, 0.1) is 5.92 Å². The summed E-state index contributed by atoms with van der Waals surface area (Å²) in [5.41, 5.74) is 3.00. The van der Waals surface area contributed by atoms with Gasteiger partial charge in [0, 0.05) is 5.38 Å². The third-order valence-corrected chi connectivity index (χ3v) is 3.30. The van der Waals surface area contributed by atoms with E-state index in [1.54, 1.807) is 0 Å². The first-order chi connectivity index (χ1) is 7.81. The topological polar surface area (TPSA) is 0 Å². The summed E-state index contributed by atoms with van der Waals surface area (Å²) in [5, 5.41) is 0.221. The van der Waals surface area contributed by atoms with Crippen LogP contribution in [-0.4, -0.2) is 5.38 Å². The van der Waals surface area contributed by atoms with Crippen LogP contribution in [0.1, 0.15) is 52.2 Å². The van der Waals surface area contributed by atoms with Gasteiger partial charge in [0.2, 0.25) is 0 Å².